The lowest BCUT2D eigenvalue weighted by Crippen LogP contribution is -2.51. The number of rotatable bonds is 4. The van der Waals surface area contributed by atoms with Gasteiger partial charge in [-0.15, -0.1) is 0 Å². The molecule has 1 saturated carbocycles. The third kappa shape index (κ3) is 4.14. The number of hydrogen-bond donors (Lipinski definition) is 0. The van der Waals surface area contributed by atoms with Gasteiger partial charge in [0.05, 0.1) is 16.4 Å². The molecule has 30 heavy (non-hydrogen) atoms. The Labute approximate surface area is 175 Å². The SMILES string of the molecule is CC(C)=C[C@@H]1[C@@H](C(=O)N2CCN(S(=O)(=O)c3ccccc3C(F)(F)F)CC2)C1(C)C. The van der Waals surface area contributed by atoms with Crippen molar-refractivity contribution in [3.05, 3.63) is 41.5 Å². The minimum Gasteiger partial charge on any atom is -0.340 e. The second kappa shape index (κ2) is 7.67. The molecule has 5 nitrogen and oxygen atoms in total. The third-order valence-corrected chi connectivity index (χ3v) is 8.01. The maximum absolute atomic E-state index is 13.3. The second-order valence-electron chi connectivity index (χ2n) is 8.79. The van der Waals surface area contributed by atoms with E-state index >= 15 is 0 Å². The molecule has 2 aliphatic rings. The van der Waals surface area contributed by atoms with E-state index in [9.17, 15) is 26.4 Å². The molecule has 1 aliphatic heterocycles. The van der Waals surface area contributed by atoms with Crippen LogP contribution in [0.1, 0.15) is 33.3 Å². The highest BCUT2D eigenvalue weighted by atomic mass is 32.2. The minimum atomic E-state index is -4.76. The summed E-state index contributed by atoms with van der Waals surface area (Å²) in [7, 11) is -4.31. The predicted molar refractivity (Wildman–Crippen MR) is 107 cm³/mol. The van der Waals surface area contributed by atoms with Gasteiger partial charge in [0.1, 0.15) is 0 Å². The summed E-state index contributed by atoms with van der Waals surface area (Å²) in [4.78, 5) is 13.8. The fourth-order valence-electron chi connectivity index (χ4n) is 4.23. The Hall–Kier alpha value is -1.87. The number of carbonyl (C=O) groups excluding carboxylic acids is 1. The van der Waals surface area contributed by atoms with Crippen LogP contribution in [-0.2, 0) is 21.0 Å². The maximum atomic E-state index is 13.3. The fourth-order valence-corrected chi connectivity index (χ4v) is 5.86. The van der Waals surface area contributed by atoms with Crippen LogP contribution in [0.2, 0.25) is 0 Å². The van der Waals surface area contributed by atoms with Gasteiger partial charge < -0.3 is 4.90 Å². The number of carbonyl (C=O) groups is 1. The van der Waals surface area contributed by atoms with Crippen molar-refractivity contribution >= 4 is 15.9 Å². The number of amides is 1. The molecular formula is C21H27F3N2O3S. The first-order valence-electron chi connectivity index (χ1n) is 9.88. The summed E-state index contributed by atoms with van der Waals surface area (Å²) in [6, 6.07) is 4.19. The first-order chi connectivity index (χ1) is 13.8. The molecule has 1 aromatic carbocycles. The van der Waals surface area contributed by atoms with Gasteiger partial charge in [0.25, 0.3) is 0 Å². The molecule has 1 heterocycles. The van der Waals surface area contributed by atoms with Gasteiger partial charge in [-0.1, -0.05) is 37.6 Å². The number of allylic oxidation sites excluding steroid dienone is 2. The number of alkyl halides is 3. The van der Waals surface area contributed by atoms with Gasteiger partial charge in [0.15, 0.2) is 0 Å². The molecule has 9 heteroatoms. The van der Waals surface area contributed by atoms with E-state index < -0.39 is 26.7 Å². The van der Waals surface area contributed by atoms with Crippen LogP contribution in [0.3, 0.4) is 0 Å². The molecule has 0 unspecified atom stereocenters. The Morgan fingerprint density at radius 3 is 2.20 bits per heavy atom. The summed E-state index contributed by atoms with van der Waals surface area (Å²) in [6.07, 6.45) is -2.67. The zero-order valence-electron chi connectivity index (χ0n) is 17.5. The van der Waals surface area contributed by atoms with Gasteiger partial charge in [0, 0.05) is 26.2 Å². The van der Waals surface area contributed by atoms with Gasteiger partial charge in [-0.3, -0.25) is 4.79 Å². The van der Waals surface area contributed by atoms with Crippen LogP contribution >= 0.6 is 0 Å². The van der Waals surface area contributed by atoms with Crippen LogP contribution < -0.4 is 0 Å². The molecule has 2 atom stereocenters. The summed E-state index contributed by atoms with van der Waals surface area (Å²) in [6.45, 7) is 8.32. The molecule has 0 aromatic heterocycles. The molecular weight excluding hydrogens is 417 g/mol. The van der Waals surface area contributed by atoms with Crippen molar-refractivity contribution in [1.29, 1.82) is 0 Å². The molecule has 166 valence electrons. The minimum absolute atomic E-state index is 0.0183. The molecule has 3 rings (SSSR count). The van der Waals surface area contributed by atoms with Gasteiger partial charge >= 0.3 is 6.18 Å². The van der Waals surface area contributed by atoms with Gasteiger partial charge in [-0.2, -0.15) is 17.5 Å². The highest BCUT2D eigenvalue weighted by Gasteiger charge is 2.61. The molecule has 0 radical (unpaired) electrons. The summed E-state index contributed by atoms with van der Waals surface area (Å²) >= 11 is 0. The number of piperazine rings is 1. The Morgan fingerprint density at radius 1 is 1.10 bits per heavy atom. The van der Waals surface area contributed by atoms with Gasteiger partial charge in [-0.05, 0) is 37.3 Å². The van der Waals surface area contributed by atoms with Crippen LogP contribution in [0.5, 0.6) is 0 Å². The largest absolute Gasteiger partial charge is 0.417 e. The summed E-state index contributed by atoms with van der Waals surface area (Å²) < 4.78 is 66.6. The Balaban J connectivity index is 1.72. The molecule has 2 fully saturated rings. The molecule has 1 aliphatic carbocycles. The first-order valence-corrected chi connectivity index (χ1v) is 11.3. The number of halogens is 3. The summed E-state index contributed by atoms with van der Waals surface area (Å²) in [5, 5.41) is 0. The molecule has 1 aromatic rings. The molecule has 1 saturated heterocycles. The summed E-state index contributed by atoms with van der Waals surface area (Å²) in [5.74, 6) is -0.0211. The van der Waals surface area contributed by atoms with Crippen LogP contribution in [0.15, 0.2) is 40.8 Å². The highest BCUT2D eigenvalue weighted by molar-refractivity contribution is 7.89. The normalized spacial score (nSPS) is 24.4. The Morgan fingerprint density at radius 2 is 1.67 bits per heavy atom. The van der Waals surface area contributed by atoms with E-state index in [-0.39, 0.29) is 49.3 Å². The number of sulfonamides is 1. The fraction of sp³-hybridized carbons (Fsp3) is 0.571. The van der Waals surface area contributed by atoms with E-state index in [1.165, 1.54) is 12.1 Å². The lowest BCUT2D eigenvalue weighted by atomic mass is 10.1. The molecule has 0 spiro atoms. The second-order valence-corrected chi connectivity index (χ2v) is 10.7. The average Bonchev–Trinajstić information content (AvgIpc) is 3.19. The monoisotopic (exact) mass is 444 g/mol. The van der Waals surface area contributed by atoms with E-state index in [2.05, 4.69) is 6.08 Å². The summed E-state index contributed by atoms with van der Waals surface area (Å²) in [5.41, 5.74) is -0.182. The van der Waals surface area contributed by atoms with Crippen molar-refractivity contribution in [2.24, 2.45) is 17.3 Å². The van der Waals surface area contributed by atoms with E-state index in [0.29, 0.717) is 0 Å². The number of nitrogens with zero attached hydrogens (tertiary/aromatic N) is 2. The van der Waals surface area contributed by atoms with Crippen molar-refractivity contribution in [1.82, 2.24) is 9.21 Å². The third-order valence-electron chi connectivity index (χ3n) is 6.05. The smallest absolute Gasteiger partial charge is 0.340 e. The van der Waals surface area contributed by atoms with Crippen LogP contribution in [0.4, 0.5) is 13.2 Å². The standard InChI is InChI=1S/C21H27F3N2O3S/c1-14(2)13-16-18(20(16,3)4)19(27)25-9-11-26(12-10-25)30(28,29)17-8-6-5-7-15(17)21(22,23)24/h5-8,13,16,18H,9-12H2,1-4H3/t16-,18+/m1/s1. The van der Waals surface area contributed by atoms with Crippen molar-refractivity contribution < 1.29 is 26.4 Å². The van der Waals surface area contributed by atoms with E-state index in [1.807, 2.05) is 27.7 Å². The van der Waals surface area contributed by atoms with E-state index in [1.54, 1.807) is 4.90 Å². The van der Waals surface area contributed by atoms with Gasteiger partial charge in [-0.25, -0.2) is 8.42 Å². The number of hydrogen-bond acceptors (Lipinski definition) is 3. The quantitative estimate of drug-likeness (QED) is 0.665. The van der Waals surface area contributed by atoms with Crippen molar-refractivity contribution in [3.63, 3.8) is 0 Å². The first kappa shape index (κ1) is 22.8. The molecule has 0 bridgehead atoms. The zero-order valence-corrected chi connectivity index (χ0v) is 18.3. The maximum Gasteiger partial charge on any atom is 0.417 e. The van der Waals surface area contributed by atoms with Crippen molar-refractivity contribution in [3.8, 4) is 0 Å². The lowest BCUT2D eigenvalue weighted by Gasteiger charge is -2.34. The van der Waals surface area contributed by atoms with Gasteiger partial charge in [0.2, 0.25) is 15.9 Å². The van der Waals surface area contributed by atoms with E-state index in [0.717, 1.165) is 22.0 Å². The highest BCUT2D eigenvalue weighted by Crippen LogP contribution is 2.60. The average molecular weight is 445 g/mol. The molecule has 0 N–H and O–H groups in total. The van der Waals surface area contributed by atoms with E-state index in [4.69, 9.17) is 0 Å². The Kier molecular flexibility index (Phi) is 5.83. The predicted octanol–water partition coefficient (Wildman–Crippen LogP) is 3.78. The topological polar surface area (TPSA) is 57.7 Å². The zero-order chi connectivity index (χ0) is 22.5. The lowest BCUT2D eigenvalue weighted by molar-refractivity contribution is -0.140. The Bertz CT molecular complexity index is 958. The van der Waals surface area contributed by atoms with Crippen LogP contribution in [0, 0.1) is 17.3 Å². The number of benzene rings is 1. The van der Waals surface area contributed by atoms with Crippen molar-refractivity contribution in [2.45, 2.75) is 38.8 Å². The van der Waals surface area contributed by atoms with Crippen LogP contribution in [0.25, 0.3) is 0 Å². The van der Waals surface area contributed by atoms with Crippen molar-refractivity contribution in [2.75, 3.05) is 26.2 Å². The molecule has 1 amide bonds. The van der Waals surface area contributed by atoms with Crippen LogP contribution in [-0.4, -0.2) is 49.7 Å².